The summed E-state index contributed by atoms with van der Waals surface area (Å²) in [5.41, 5.74) is 0.302. The van der Waals surface area contributed by atoms with E-state index in [4.69, 9.17) is 16.0 Å². The molecule has 21 heavy (non-hydrogen) atoms. The molecule has 0 aliphatic carbocycles. The van der Waals surface area contributed by atoms with E-state index in [9.17, 15) is 9.18 Å². The minimum absolute atomic E-state index is 0.102. The summed E-state index contributed by atoms with van der Waals surface area (Å²) < 4.78 is 19.7. The molecule has 3 nitrogen and oxygen atoms in total. The molecule has 2 rings (SSSR count). The predicted octanol–water partition coefficient (Wildman–Crippen LogP) is 4.35. The Bertz CT molecular complexity index is 664. The molecule has 1 aromatic heterocycles. The van der Waals surface area contributed by atoms with E-state index in [1.54, 1.807) is 31.3 Å². The van der Waals surface area contributed by atoms with Crippen LogP contribution in [0.1, 0.15) is 11.3 Å². The Morgan fingerprint density at radius 2 is 2.19 bits per heavy atom. The van der Waals surface area contributed by atoms with E-state index in [1.165, 1.54) is 23.1 Å². The molecule has 0 bridgehead atoms. The molecule has 1 aromatic carbocycles. The van der Waals surface area contributed by atoms with Crippen LogP contribution < -0.4 is 0 Å². The van der Waals surface area contributed by atoms with Gasteiger partial charge in [-0.3, -0.25) is 4.79 Å². The number of benzene rings is 1. The standard InChI is InChI=1S/C15H12ClFINO2/c1-19(9-11-12(16)3-2-4-13(11)17)15(20)8-6-10-5-7-14(18)21-10/h2-8H,9H2,1H3/b8-6+. The van der Waals surface area contributed by atoms with Gasteiger partial charge in [0.05, 0.1) is 0 Å². The fourth-order valence-electron chi connectivity index (χ4n) is 1.70. The molecule has 2 aromatic rings. The first kappa shape index (κ1) is 16.0. The molecule has 0 unspecified atom stereocenters. The van der Waals surface area contributed by atoms with Crippen LogP contribution in [0.25, 0.3) is 6.08 Å². The van der Waals surface area contributed by atoms with Gasteiger partial charge in [-0.15, -0.1) is 0 Å². The van der Waals surface area contributed by atoms with Gasteiger partial charge in [-0.2, -0.15) is 0 Å². The fraction of sp³-hybridized carbons (Fsp3) is 0.133. The largest absolute Gasteiger partial charge is 0.451 e. The summed E-state index contributed by atoms with van der Waals surface area (Å²) in [5, 5.41) is 0.305. The number of halogens is 3. The van der Waals surface area contributed by atoms with Gasteiger partial charge >= 0.3 is 0 Å². The smallest absolute Gasteiger partial charge is 0.246 e. The van der Waals surface area contributed by atoms with E-state index in [1.807, 2.05) is 22.6 Å². The average Bonchev–Trinajstić information content (AvgIpc) is 2.86. The zero-order chi connectivity index (χ0) is 15.4. The third kappa shape index (κ3) is 4.31. The molecule has 110 valence electrons. The summed E-state index contributed by atoms with van der Waals surface area (Å²) in [7, 11) is 1.58. The zero-order valence-corrected chi connectivity index (χ0v) is 14.1. The Morgan fingerprint density at radius 3 is 2.81 bits per heavy atom. The maximum absolute atomic E-state index is 13.7. The van der Waals surface area contributed by atoms with Gasteiger partial charge in [0, 0.05) is 30.3 Å². The fourth-order valence-corrected chi connectivity index (χ4v) is 2.35. The summed E-state index contributed by atoms with van der Waals surface area (Å²) in [6, 6.07) is 8.01. The third-order valence-electron chi connectivity index (χ3n) is 2.82. The SMILES string of the molecule is CN(Cc1c(F)cccc1Cl)C(=O)/C=C/c1ccc(I)o1. The van der Waals surface area contributed by atoms with Crippen molar-refractivity contribution in [1.82, 2.24) is 4.90 Å². The Hall–Kier alpha value is -1.34. The normalized spacial score (nSPS) is 11.0. The van der Waals surface area contributed by atoms with Crippen LogP contribution in [-0.2, 0) is 11.3 Å². The van der Waals surface area contributed by atoms with E-state index in [2.05, 4.69) is 0 Å². The van der Waals surface area contributed by atoms with Crippen molar-refractivity contribution in [2.75, 3.05) is 7.05 Å². The van der Waals surface area contributed by atoms with Crippen LogP contribution in [0.3, 0.4) is 0 Å². The molecule has 0 aliphatic heterocycles. The van der Waals surface area contributed by atoms with Crippen LogP contribution >= 0.6 is 34.2 Å². The molecule has 0 aliphatic rings. The van der Waals surface area contributed by atoms with Gasteiger partial charge in [0.15, 0.2) is 3.77 Å². The molecule has 1 heterocycles. The number of furan rings is 1. The molecule has 0 N–H and O–H groups in total. The second-order valence-electron chi connectivity index (χ2n) is 4.37. The van der Waals surface area contributed by atoms with Gasteiger partial charge in [0.2, 0.25) is 5.91 Å². The molecule has 0 spiro atoms. The highest BCUT2D eigenvalue weighted by Gasteiger charge is 2.12. The number of nitrogens with zero attached hydrogens (tertiary/aromatic N) is 1. The van der Waals surface area contributed by atoms with Gasteiger partial charge in [-0.05, 0) is 52.9 Å². The minimum atomic E-state index is -0.424. The Balaban J connectivity index is 2.04. The van der Waals surface area contributed by atoms with Crippen molar-refractivity contribution in [3.63, 3.8) is 0 Å². The second-order valence-corrected chi connectivity index (χ2v) is 5.84. The van der Waals surface area contributed by atoms with Gasteiger partial charge < -0.3 is 9.32 Å². The minimum Gasteiger partial charge on any atom is -0.451 e. The molecule has 0 saturated carbocycles. The first-order valence-electron chi connectivity index (χ1n) is 6.09. The lowest BCUT2D eigenvalue weighted by atomic mass is 10.2. The van der Waals surface area contributed by atoms with E-state index in [0.29, 0.717) is 16.3 Å². The van der Waals surface area contributed by atoms with Crippen LogP contribution in [0.2, 0.25) is 5.02 Å². The van der Waals surface area contributed by atoms with Crippen LogP contribution in [-0.4, -0.2) is 17.9 Å². The molecule has 0 saturated heterocycles. The van der Waals surface area contributed by atoms with E-state index in [0.717, 1.165) is 3.77 Å². The Morgan fingerprint density at radius 1 is 1.43 bits per heavy atom. The Kier molecular flexibility index (Phi) is 5.41. The van der Waals surface area contributed by atoms with Gasteiger partial charge in [0.1, 0.15) is 11.6 Å². The summed E-state index contributed by atoms with van der Waals surface area (Å²) in [6.45, 7) is 0.102. The number of amides is 1. The topological polar surface area (TPSA) is 33.5 Å². The molecule has 0 atom stereocenters. The van der Waals surface area contributed by atoms with E-state index < -0.39 is 5.82 Å². The van der Waals surface area contributed by atoms with E-state index in [-0.39, 0.29) is 12.5 Å². The van der Waals surface area contributed by atoms with Crippen molar-refractivity contribution in [1.29, 1.82) is 0 Å². The lowest BCUT2D eigenvalue weighted by Crippen LogP contribution is -2.24. The maximum atomic E-state index is 13.7. The Labute approximate surface area is 140 Å². The van der Waals surface area contributed by atoms with Crippen LogP contribution in [0.4, 0.5) is 4.39 Å². The monoisotopic (exact) mass is 419 g/mol. The predicted molar refractivity (Wildman–Crippen MR) is 88.3 cm³/mol. The number of likely N-dealkylation sites (N-methyl/N-ethyl adjacent to an activating group) is 1. The van der Waals surface area contributed by atoms with Crippen molar-refractivity contribution >= 4 is 46.2 Å². The molecule has 0 radical (unpaired) electrons. The first-order chi connectivity index (χ1) is 9.97. The summed E-state index contributed by atoms with van der Waals surface area (Å²) in [4.78, 5) is 13.4. The van der Waals surface area contributed by atoms with Gasteiger partial charge in [-0.25, -0.2) is 4.39 Å². The lowest BCUT2D eigenvalue weighted by Gasteiger charge is -2.16. The number of rotatable bonds is 4. The molecular weight excluding hydrogens is 408 g/mol. The van der Waals surface area contributed by atoms with Crippen molar-refractivity contribution in [2.24, 2.45) is 0 Å². The highest BCUT2D eigenvalue weighted by molar-refractivity contribution is 14.1. The maximum Gasteiger partial charge on any atom is 0.246 e. The van der Waals surface area contributed by atoms with Crippen molar-refractivity contribution in [3.05, 3.63) is 62.3 Å². The summed E-state index contributed by atoms with van der Waals surface area (Å²) in [6.07, 6.45) is 2.95. The van der Waals surface area contributed by atoms with Gasteiger partial charge in [0.25, 0.3) is 0 Å². The summed E-state index contributed by atoms with van der Waals surface area (Å²) >= 11 is 7.98. The number of hydrogen-bond acceptors (Lipinski definition) is 2. The quantitative estimate of drug-likeness (QED) is 0.545. The second kappa shape index (κ2) is 7.09. The molecule has 6 heteroatoms. The summed E-state index contributed by atoms with van der Waals surface area (Å²) in [5.74, 6) is -0.0995. The zero-order valence-electron chi connectivity index (χ0n) is 11.1. The molecule has 1 amide bonds. The lowest BCUT2D eigenvalue weighted by molar-refractivity contribution is -0.125. The number of carbonyl (C=O) groups excluding carboxylic acids is 1. The van der Waals surface area contributed by atoms with Gasteiger partial charge in [-0.1, -0.05) is 17.7 Å². The molecule has 0 fully saturated rings. The van der Waals surface area contributed by atoms with Crippen molar-refractivity contribution in [3.8, 4) is 0 Å². The number of hydrogen-bond donors (Lipinski definition) is 0. The third-order valence-corrected chi connectivity index (χ3v) is 3.75. The van der Waals surface area contributed by atoms with Crippen LogP contribution in [0.15, 0.2) is 40.8 Å². The highest BCUT2D eigenvalue weighted by Crippen LogP contribution is 2.20. The first-order valence-corrected chi connectivity index (χ1v) is 7.54. The van der Waals surface area contributed by atoms with Crippen molar-refractivity contribution in [2.45, 2.75) is 6.54 Å². The van der Waals surface area contributed by atoms with Crippen molar-refractivity contribution < 1.29 is 13.6 Å². The van der Waals surface area contributed by atoms with E-state index >= 15 is 0 Å². The van der Waals surface area contributed by atoms with Crippen LogP contribution in [0.5, 0.6) is 0 Å². The highest BCUT2D eigenvalue weighted by atomic mass is 127. The average molecular weight is 420 g/mol. The molecular formula is C15H12ClFINO2. The number of carbonyl (C=O) groups is 1. The van der Waals surface area contributed by atoms with Crippen LogP contribution in [0, 0.1) is 9.58 Å².